The van der Waals surface area contributed by atoms with Crippen LogP contribution in [0, 0.1) is 5.92 Å². The molecule has 3 rings (SSSR count). The van der Waals surface area contributed by atoms with E-state index in [1.807, 2.05) is 4.90 Å². The third kappa shape index (κ3) is 2.97. The minimum Gasteiger partial charge on any atom is -0.325 e. The van der Waals surface area contributed by atoms with E-state index in [1.54, 1.807) is 0 Å². The second-order valence-corrected chi connectivity index (χ2v) is 6.09. The average molecular weight is 251 g/mol. The molecule has 1 saturated carbocycles. The molecule has 1 aliphatic carbocycles. The quantitative estimate of drug-likeness (QED) is 0.828. The Morgan fingerprint density at radius 1 is 0.944 bits per heavy atom. The average Bonchev–Trinajstić information content (AvgIpc) is 3.08. The molecule has 4 heteroatoms. The molecule has 4 nitrogen and oxygen atoms in total. The maximum atomic E-state index is 12.2. The molecule has 2 heterocycles. The third-order valence-electron chi connectivity index (χ3n) is 4.53. The van der Waals surface area contributed by atoms with E-state index in [2.05, 4.69) is 10.2 Å². The van der Waals surface area contributed by atoms with Gasteiger partial charge in [0, 0.05) is 32.2 Å². The van der Waals surface area contributed by atoms with E-state index in [1.165, 1.54) is 32.2 Å². The van der Waals surface area contributed by atoms with E-state index in [0.717, 1.165) is 44.9 Å². The highest BCUT2D eigenvalue weighted by Crippen LogP contribution is 2.28. The standard InChI is InChI=1S/C14H25N3O/c18-14(16-7-1-2-8-16)17-9-5-13(6-10-17)15-11-12-3-4-12/h12-13,15H,1-11H2. The lowest BCUT2D eigenvalue weighted by Crippen LogP contribution is -2.49. The molecular weight excluding hydrogens is 226 g/mol. The van der Waals surface area contributed by atoms with Crippen LogP contribution < -0.4 is 5.32 Å². The van der Waals surface area contributed by atoms with Gasteiger partial charge in [0.1, 0.15) is 0 Å². The van der Waals surface area contributed by atoms with Crippen LogP contribution in [0.1, 0.15) is 38.5 Å². The second-order valence-electron chi connectivity index (χ2n) is 6.09. The molecule has 2 amide bonds. The van der Waals surface area contributed by atoms with Gasteiger partial charge in [-0.25, -0.2) is 4.79 Å². The zero-order chi connectivity index (χ0) is 12.4. The molecule has 2 saturated heterocycles. The Morgan fingerprint density at radius 3 is 2.17 bits per heavy atom. The Balaban J connectivity index is 1.39. The zero-order valence-electron chi connectivity index (χ0n) is 11.2. The highest BCUT2D eigenvalue weighted by atomic mass is 16.2. The Morgan fingerprint density at radius 2 is 1.56 bits per heavy atom. The monoisotopic (exact) mass is 251 g/mol. The van der Waals surface area contributed by atoms with Crippen molar-refractivity contribution in [3.8, 4) is 0 Å². The van der Waals surface area contributed by atoms with Gasteiger partial charge < -0.3 is 15.1 Å². The van der Waals surface area contributed by atoms with Gasteiger partial charge in [-0.2, -0.15) is 0 Å². The highest BCUT2D eigenvalue weighted by molar-refractivity contribution is 5.74. The fraction of sp³-hybridized carbons (Fsp3) is 0.929. The minimum atomic E-state index is 0.285. The van der Waals surface area contributed by atoms with Gasteiger partial charge in [-0.15, -0.1) is 0 Å². The lowest BCUT2D eigenvalue weighted by Gasteiger charge is -2.35. The van der Waals surface area contributed by atoms with Crippen LogP contribution in [0.15, 0.2) is 0 Å². The number of hydrogen-bond donors (Lipinski definition) is 1. The molecule has 102 valence electrons. The number of nitrogens with zero attached hydrogens (tertiary/aromatic N) is 2. The van der Waals surface area contributed by atoms with Crippen LogP contribution in [0.2, 0.25) is 0 Å². The topological polar surface area (TPSA) is 35.6 Å². The number of rotatable bonds is 3. The van der Waals surface area contributed by atoms with E-state index < -0.39 is 0 Å². The first-order valence-electron chi connectivity index (χ1n) is 7.60. The number of hydrogen-bond acceptors (Lipinski definition) is 2. The molecule has 0 aromatic rings. The Kier molecular flexibility index (Phi) is 3.73. The maximum absolute atomic E-state index is 12.2. The van der Waals surface area contributed by atoms with Crippen LogP contribution in [0.25, 0.3) is 0 Å². The lowest BCUT2D eigenvalue weighted by atomic mass is 10.1. The predicted molar refractivity (Wildman–Crippen MR) is 71.5 cm³/mol. The van der Waals surface area contributed by atoms with Gasteiger partial charge in [0.05, 0.1) is 0 Å². The second kappa shape index (κ2) is 5.47. The molecular formula is C14H25N3O. The summed E-state index contributed by atoms with van der Waals surface area (Å²) >= 11 is 0. The Hall–Kier alpha value is -0.770. The van der Waals surface area contributed by atoms with Crippen molar-refractivity contribution in [2.24, 2.45) is 5.92 Å². The molecule has 0 aromatic heterocycles. The first kappa shape index (κ1) is 12.3. The molecule has 3 aliphatic rings. The third-order valence-corrected chi connectivity index (χ3v) is 4.53. The molecule has 0 bridgehead atoms. The molecule has 0 aromatic carbocycles. The van der Waals surface area contributed by atoms with Crippen molar-refractivity contribution in [2.45, 2.75) is 44.6 Å². The first-order chi connectivity index (χ1) is 8.83. The summed E-state index contributed by atoms with van der Waals surface area (Å²) in [5.41, 5.74) is 0. The van der Waals surface area contributed by atoms with Crippen LogP contribution >= 0.6 is 0 Å². The van der Waals surface area contributed by atoms with E-state index in [9.17, 15) is 4.79 Å². The lowest BCUT2D eigenvalue weighted by molar-refractivity contribution is 0.145. The fourth-order valence-electron chi connectivity index (χ4n) is 3.04. The number of likely N-dealkylation sites (tertiary alicyclic amines) is 2. The summed E-state index contributed by atoms with van der Waals surface area (Å²) in [4.78, 5) is 16.3. The summed E-state index contributed by atoms with van der Waals surface area (Å²) in [6.07, 6.45) is 7.47. The summed E-state index contributed by atoms with van der Waals surface area (Å²) < 4.78 is 0. The van der Waals surface area contributed by atoms with Crippen LogP contribution in [0.3, 0.4) is 0 Å². The molecule has 0 spiro atoms. The SMILES string of the molecule is O=C(N1CCCC1)N1CCC(NCC2CC2)CC1. The zero-order valence-corrected chi connectivity index (χ0v) is 11.2. The summed E-state index contributed by atoms with van der Waals surface area (Å²) in [6.45, 7) is 5.03. The molecule has 0 radical (unpaired) electrons. The van der Waals surface area contributed by atoms with E-state index in [0.29, 0.717) is 6.04 Å². The van der Waals surface area contributed by atoms with Crippen LogP contribution in [0.4, 0.5) is 4.79 Å². The maximum Gasteiger partial charge on any atom is 0.319 e. The van der Waals surface area contributed by atoms with Crippen molar-refractivity contribution >= 4 is 6.03 Å². The van der Waals surface area contributed by atoms with E-state index in [-0.39, 0.29) is 6.03 Å². The van der Waals surface area contributed by atoms with Gasteiger partial charge in [-0.3, -0.25) is 0 Å². The number of piperidine rings is 1. The van der Waals surface area contributed by atoms with Gasteiger partial charge in [0.25, 0.3) is 0 Å². The summed E-state index contributed by atoms with van der Waals surface area (Å²) in [7, 11) is 0. The van der Waals surface area contributed by atoms with E-state index >= 15 is 0 Å². The van der Waals surface area contributed by atoms with Gasteiger partial charge in [-0.1, -0.05) is 0 Å². The number of nitrogens with one attached hydrogen (secondary N) is 1. The summed E-state index contributed by atoms with van der Waals surface area (Å²) in [5.74, 6) is 0.953. The van der Waals surface area contributed by atoms with Crippen LogP contribution in [-0.2, 0) is 0 Å². The molecule has 1 N–H and O–H groups in total. The van der Waals surface area contributed by atoms with Gasteiger partial charge >= 0.3 is 6.03 Å². The number of carbonyl (C=O) groups is 1. The van der Waals surface area contributed by atoms with Crippen LogP contribution in [-0.4, -0.2) is 54.6 Å². The fourth-order valence-corrected chi connectivity index (χ4v) is 3.04. The minimum absolute atomic E-state index is 0.285. The Labute approximate surface area is 110 Å². The van der Waals surface area contributed by atoms with Crippen molar-refractivity contribution in [3.63, 3.8) is 0 Å². The molecule has 18 heavy (non-hydrogen) atoms. The molecule has 2 aliphatic heterocycles. The van der Waals surface area contributed by atoms with Gasteiger partial charge in [0.15, 0.2) is 0 Å². The number of amides is 2. The summed E-state index contributed by atoms with van der Waals surface area (Å²) in [6, 6.07) is 0.932. The molecule has 3 fully saturated rings. The van der Waals surface area contributed by atoms with Crippen LogP contribution in [0.5, 0.6) is 0 Å². The van der Waals surface area contributed by atoms with Crippen molar-refractivity contribution in [1.82, 2.24) is 15.1 Å². The van der Waals surface area contributed by atoms with Crippen molar-refractivity contribution < 1.29 is 4.79 Å². The van der Waals surface area contributed by atoms with Crippen molar-refractivity contribution in [3.05, 3.63) is 0 Å². The smallest absolute Gasteiger partial charge is 0.319 e. The van der Waals surface area contributed by atoms with Gasteiger partial charge in [-0.05, 0) is 51.0 Å². The summed E-state index contributed by atoms with van der Waals surface area (Å²) in [5, 5.41) is 3.66. The first-order valence-corrected chi connectivity index (χ1v) is 7.60. The van der Waals surface area contributed by atoms with Crippen molar-refractivity contribution in [1.29, 1.82) is 0 Å². The molecule has 0 atom stereocenters. The predicted octanol–water partition coefficient (Wildman–Crippen LogP) is 1.67. The molecule has 0 unspecified atom stereocenters. The van der Waals surface area contributed by atoms with Crippen molar-refractivity contribution in [2.75, 3.05) is 32.7 Å². The van der Waals surface area contributed by atoms with Gasteiger partial charge in [0.2, 0.25) is 0 Å². The normalized spacial score (nSPS) is 25.8. The highest BCUT2D eigenvalue weighted by Gasteiger charge is 2.28. The van der Waals surface area contributed by atoms with E-state index in [4.69, 9.17) is 0 Å². The number of carbonyl (C=O) groups excluding carboxylic acids is 1. The largest absolute Gasteiger partial charge is 0.325 e. The Bertz CT molecular complexity index is 289. The number of urea groups is 1.